The highest BCUT2D eigenvalue weighted by molar-refractivity contribution is 5.21. The Hall–Kier alpha value is -0.240. The number of hydrogen-bond acceptors (Lipinski definition) is 6. The van der Waals surface area contributed by atoms with Crippen LogP contribution in [0, 0.1) is 34.5 Å². The van der Waals surface area contributed by atoms with Crippen LogP contribution >= 0.6 is 0 Å². The minimum atomic E-state index is -1.25. The third-order valence-electron chi connectivity index (χ3n) is 11.5. The average molecular weight is 451 g/mol. The fourth-order valence-electron chi connectivity index (χ4n) is 10.3. The summed E-state index contributed by atoms with van der Waals surface area (Å²) in [6.07, 6.45) is 7.17. The van der Waals surface area contributed by atoms with Gasteiger partial charge in [-0.05, 0) is 69.1 Å². The second kappa shape index (κ2) is 6.70. The third-order valence-corrected chi connectivity index (χ3v) is 11.5. The van der Waals surface area contributed by atoms with Crippen molar-refractivity contribution in [2.75, 3.05) is 26.4 Å². The number of ether oxygens (including phenoxy) is 4. The van der Waals surface area contributed by atoms with Gasteiger partial charge in [0.05, 0.1) is 32.0 Å². The van der Waals surface area contributed by atoms with Crippen molar-refractivity contribution >= 4 is 0 Å². The van der Waals surface area contributed by atoms with Gasteiger partial charge in [-0.3, -0.25) is 0 Å². The zero-order chi connectivity index (χ0) is 22.6. The quantitative estimate of drug-likeness (QED) is 0.587. The Labute approximate surface area is 192 Å². The summed E-state index contributed by atoms with van der Waals surface area (Å²) in [5.41, 5.74) is -1.65. The maximum atomic E-state index is 12.1. The zero-order valence-electron chi connectivity index (χ0n) is 20.3. The van der Waals surface area contributed by atoms with Crippen molar-refractivity contribution in [1.29, 1.82) is 0 Å². The molecule has 6 rings (SSSR count). The van der Waals surface area contributed by atoms with Crippen LogP contribution in [-0.4, -0.2) is 59.4 Å². The summed E-state index contributed by atoms with van der Waals surface area (Å²) >= 11 is 0. The van der Waals surface area contributed by atoms with E-state index in [1.807, 2.05) is 6.92 Å². The molecule has 2 N–H and O–H groups in total. The van der Waals surface area contributed by atoms with Crippen LogP contribution in [-0.2, 0) is 18.9 Å². The molecule has 6 fully saturated rings. The van der Waals surface area contributed by atoms with E-state index < -0.39 is 22.8 Å². The monoisotopic (exact) mass is 450 g/mol. The van der Waals surface area contributed by atoms with Gasteiger partial charge in [-0.25, -0.2) is 0 Å². The molecule has 0 bridgehead atoms. The molecule has 0 radical (unpaired) electrons. The average Bonchev–Trinajstić information content (AvgIpc) is 3.28. The molecule has 6 unspecified atom stereocenters. The third kappa shape index (κ3) is 2.52. The smallest absolute Gasteiger partial charge is 0.192 e. The second-order valence-electron chi connectivity index (χ2n) is 12.7. The highest BCUT2D eigenvalue weighted by atomic mass is 16.7. The number of rotatable bonds is 0. The van der Waals surface area contributed by atoms with E-state index >= 15 is 0 Å². The Balaban J connectivity index is 1.35. The number of aliphatic hydroxyl groups is 2. The molecule has 6 nitrogen and oxygen atoms in total. The molecule has 6 aliphatic rings. The van der Waals surface area contributed by atoms with Gasteiger partial charge in [0.1, 0.15) is 5.60 Å². The molecular weight excluding hydrogens is 408 g/mol. The van der Waals surface area contributed by atoms with Crippen LogP contribution in [0.1, 0.15) is 79.1 Å². The highest BCUT2D eigenvalue weighted by Gasteiger charge is 2.74. The Kier molecular flexibility index (Phi) is 4.66. The summed E-state index contributed by atoms with van der Waals surface area (Å²) in [5.74, 6) is 0.0881. The van der Waals surface area contributed by atoms with Crippen molar-refractivity contribution in [2.24, 2.45) is 34.5 Å². The van der Waals surface area contributed by atoms with E-state index in [2.05, 4.69) is 20.8 Å². The summed E-state index contributed by atoms with van der Waals surface area (Å²) in [6, 6.07) is 0. The van der Waals surface area contributed by atoms with Gasteiger partial charge in [-0.1, -0.05) is 20.8 Å². The normalized spacial score (nSPS) is 59.1. The van der Waals surface area contributed by atoms with Gasteiger partial charge in [-0.2, -0.15) is 0 Å². The van der Waals surface area contributed by atoms with E-state index in [9.17, 15) is 10.2 Å². The van der Waals surface area contributed by atoms with E-state index in [1.54, 1.807) is 0 Å². The molecule has 4 saturated carbocycles. The van der Waals surface area contributed by atoms with Gasteiger partial charge < -0.3 is 29.2 Å². The number of fused-ring (bicyclic) bond motifs is 6. The van der Waals surface area contributed by atoms with Gasteiger partial charge in [0.2, 0.25) is 0 Å². The fourth-order valence-corrected chi connectivity index (χ4v) is 10.3. The van der Waals surface area contributed by atoms with Crippen molar-refractivity contribution < 1.29 is 29.2 Å². The molecule has 0 aromatic heterocycles. The molecule has 2 aliphatic heterocycles. The summed E-state index contributed by atoms with van der Waals surface area (Å²) in [5, 5.41) is 23.5. The highest BCUT2D eigenvalue weighted by Crippen LogP contribution is 2.73. The molecule has 2 saturated heterocycles. The SMILES string of the molecule is CC1CC2(C)[C@@H](CC[C@@]23OCCOC3(C)O)C2CCC3(O)CC4(CCC3(C)[C@@H]12)OCCO4. The maximum Gasteiger partial charge on any atom is 0.192 e. The maximum absolute atomic E-state index is 12.1. The molecule has 32 heavy (non-hydrogen) atoms. The zero-order valence-corrected chi connectivity index (χ0v) is 20.3. The molecule has 0 aromatic rings. The molecule has 9 atom stereocenters. The fraction of sp³-hybridized carbons (Fsp3) is 1.00. The molecule has 2 spiro atoms. The van der Waals surface area contributed by atoms with Crippen LogP contribution in [0.25, 0.3) is 0 Å². The molecule has 2 heterocycles. The van der Waals surface area contributed by atoms with E-state index in [0.717, 1.165) is 44.9 Å². The predicted molar refractivity (Wildman–Crippen MR) is 118 cm³/mol. The topological polar surface area (TPSA) is 77.4 Å². The summed E-state index contributed by atoms with van der Waals surface area (Å²) in [4.78, 5) is 0. The van der Waals surface area contributed by atoms with Gasteiger partial charge in [0.15, 0.2) is 11.6 Å². The molecule has 182 valence electrons. The second-order valence-corrected chi connectivity index (χ2v) is 12.7. The van der Waals surface area contributed by atoms with Crippen molar-refractivity contribution in [1.82, 2.24) is 0 Å². The van der Waals surface area contributed by atoms with Crippen molar-refractivity contribution in [3.8, 4) is 0 Å². The molecule has 0 aromatic carbocycles. The van der Waals surface area contributed by atoms with E-state index in [0.29, 0.717) is 56.5 Å². The van der Waals surface area contributed by atoms with E-state index in [-0.39, 0.29) is 10.8 Å². The van der Waals surface area contributed by atoms with Crippen LogP contribution in [0.2, 0.25) is 0 Å². The summed E-state index contributed by atoms with van der Waals surface area (Å²) < 4.78 is 24.5. The first-order chi connectivity index (χ1) is 15.0. The Bertz CT molecular complexity index is 778. The summed E-state index contributed by atoms with van der Waals surface area (Å²) in [7, 11) is 0. The Morgan fingerprint density at radius 3 is 2.16 bits per heavy atom. The van der Waals surface area contributed by atoms with Crippen LogP contribution < -0.4 is 0 Å². The van der Waals surface area contributed by atoms with E-state index in [4.69, 9.17) is 18.9 Å². The van der Waals surface area contributed by atoms with Gasteiger partial charge >= 0.3 is 0 Å². The van der Waals surface area contributed by atoms with Crippen molar-refractivity contribution in [2.45, 2.75) is 102 Å². The first kappa shape index (κ1) is 22.2. The van der Waals surface area contributed by atoms with Crippen molar-refractivity contribution in [3.63, 3.8) is 0 Å². The molecule has 6 heteroatoms. The standard InChI is InChI=1S/C26H42O6/c1-17-15-22(3)19(6-8-26(22)23(4,27)29-11-14-32-26)18-5-7-24(28)16-25(30-12-13-31-25)10-9-21(24,2)20(17)18/h17-20,27-28H,5-16H2,1-4H3/t17?,18?,19-,20-,21?,22?,23?,24?,26+/m0/s1. The van der Waals surface area contributed by atoms with E-state index in [1.165, 1.54) is 0 Å². The molecule has 0 amide bonds. The van der Waals surface area contributed by atoms with Crippen LogP contribution in [0.4, 0.5) is 0 Å². The minimum Gasteiger partial charge on any atom is -0.389 e. The molecular formula is C26H42O6. The van der Waals surface area contributed by atoms with Gasteiger partial charge in [-0.15, -0.1) is 0 Å². The van der Waals surface area contributed by atoms with Gasteiger partial charge in [0, 0.05) is 23.7 Å². The van der Waals surface area contributed by atoms with Crippen LogP contribution in [0.3, 0.4) is 0 Å². The lowest BCUT2D eigenvalue weighted by molar-refractivity contribution is -0.375. The Morgan fingerprint density at radius 1 is 0.750 bits per heavy atom. The van der Waals surface area contributed by atoms with Crippen LogP contribution in [0.5, 0.6) is 0 Å². The lowest BCUT2D eigenvalue weighted by atomic mass is 9.40. The largest absolute Gasteiger partial charge is 0.389 e. The van der Waals surface area contributed by atoms with Gasteiger partial charge in [0.25, 0.3) is 0 Å². The minimum absolute atomic E-state index is 0.128. The van der Waals surface area contributed by atoms with Crippen LogP contribution in [0.15, 0.2) is 0 Å². The summed E-state index contributed by atoms with van der Waals surface area (Å²) in [6.45, 7) is 11.2. The predicted octanol–water partition coefficient (Wildman–Crippen LogP) is 3.63. The molecule has 4 aliphatic carbocycles. The lowest BCUT2D eigenvalue weighted by Crippen LogP contribution is -2.70. The Morgan fingerprint density at radius 2 is 1.44 bits per heavy atom. The lowest BCUT2D eigenvalue weighted by Gasteiger charge is -2.68. The number of hydrogen-bond donors (Lipinski definition) is 2. The first-order valence-corrected chi connectivity index (χ1v) is 13.0. The first-order valence-electron chi connectivity index (χ1n) is 13.0. The van der Waals surface area contributed by atoms with Crippen molar-refractivity contribution in [3.05, 3.63) is 0 Å².